The minimum Gasteiger partial charge on any atom is -0.497 e. The largest absolute Gasteiger partial charge is 0.497 e. The van der Waals surface area contributed by atoms with Gasteiger partial charge in [0.2, 0.25) is 0 Å². The van der Waals surface area contributed by atoms with Gasteiger partial charge in [-0.05, 0) is 49.1 Å². The van der Waals surface area contributed by atoms with Gasteiger partial charge in [-0.3, -0.25) is 0 Å². The van der Waals surface area contributed by atoms with E-state index in [4.69, 9.17) is 10.5 Å². The van der Waals surface area contributed by atoms with Crippen molar-refractivity contribution in [3.63, 3.8) is 0 Å². The highest BCUT2D eigenvalue weighted by Gasteiger charge is 2.45. The van der Waals surface area contributed by atoms with E-state index in [1.807, 2.05) is 0 Å². The van der Waals surface area contributed by atoms with Crippen LogP contribution in [0.15, 0.2) is 29.2 Å². The van der Waals surface area contributed by atoms with Gasteiger partial charge in [0.25, 0.3) is 0 Å². The van der Waals surface area contributed by atoms with Gasteiger partial charge in [0.1, 0.15) is 5.75 Å². The number of ether oxygens (including phenoxy) is 1. The summed E-state index contributed by atoms with van der Waals surface area (Å²) in [4.78, 5) is 0.345. The zero-order valence-electron chi connectivity index (χ0n) is 9.85. The molecule has 2 N–H and O–H groups in total. The summed E-state index contributed by atoms with van der Waals surface area (Å²) in [5.41, 5.74) is 5.45. The van der Waals surface area contributed by atoms with E-state index in [1.165, 1.54) is 0 Å². The Balaban J connectivity index is 2.19. The number of hydrogen-bond acceptors (Lipinski definition) is 4. The quantitative estimate of drug-likeness (QED) is 0.858. The molecule has 1 aliphatic rings. The molecule has 0 bridgehead atoms. The summed E-state index contributed by atoms with van der Waals surface area (Å²) in [6.45, 7) is 0.447. The molecular weight excluding hydrogens is 238 g/mol. The predicted molar refractivity (Wildman–Crippen MR) is 65.8 cm³/mol. The highest BCUT2D eigenvalue weighted by molar-refractivity contribution is 7.91. The third-order valence-corrected chi connectivity index (χ3v) is 5.29. The number of rotatable bonds is 5. The van der Waals surface area contributed by atoms with Gasteiger partial charge in [0.15, 0.2) is 9.84 Å². The van der Waals surface area contributed by atoms with Crippen LogP contribution in [0, 0.1) is 5.41 Å². The standard InChI is InChI=1S/C12H17NO3S/c1-16-10-2-4-11(5-3-10)17(14,15)9-12(8-13)6-7-12/h2-5H,6-9,13H2,1H3. The fourth-order valence-corrected chi connectivity index (χ4v) is 3.78. The first-order valence-corrected chi connectivity index (χ1v) is 7.23. The fourth-order valence-electron chi connectivity index (χ4n) is 1.85. The minimum atomic E-state index is -3.23. The smallest absolute Gasteiger partial charge is 0.178 e. The summed E-state index contributed by atoms with van der Waals surface area (Å²) in [6, 6.07) is 6.49. The van der Waals surface area contributed by atoms with Crippen LogP contribution in [0.1, 0.15) is 12.8 Å². The third kappa shape index (κ3) is 2.61. The predicted octanol–water partition coefficient (Wildman–Crippen LogP) is 1.21. The highest BCUT2D eigenvalue weighted by Crippen LogP contribution is 2.46. The Kier molecular flexibility index (Phi) is 3.14. The molecule has 17 heavy (non-hydrogen) atoms. The molecule has 1 fully saturated rings. The van der Waals surface area contributed by atoms with Gasteiger partial charge in [0, 0.05) is 0 Å². The van der Waals surface area contributed by atoms with Gasteiger partial charge in [0.05, 0.1) is 17.8 Å². The Bertz CT molecular complexity index is 489. The summed E-state index contributed by atoms with van der Waals surface area (Å²) in [5, 5.41) is 0. The van der Waals surface area contributed by atoms with Crippen LogP contribution in [0.3, 0.4) is 0 Å². The number of sulfone groups is 1. The van der Waals surface area contributed by atoms with E-state index in [9.17, 15) is 8.42 Å². The molecule has 5 heteroatoms. The van der Waals surface area contributed by atoms with Crippen LogP contribution < -0.4 is 10.5 Å². The molecule has 4 nitrogen and oxygen atoms in total. The molecule has 0 atom stereocenters. The third-order valence-electron chi connectivity index (χ3n) is 3.30. The normalized spacial score (nSPS) is 17.8. The van der Waals surface area contributed by atoms with Crippen molar-refractivity contribution in [1.29, 1.82) is 0 Å². The van der Waals surface area contributed by atoms with Gasteiger partial charge >= 0.3 is 0 Å². The molecule has 0 aliphatic heterocycles. The first kappa shape index (κ1) is 12.4. The van der Waals surface area contributed by atoms with Crippen molar-refractivity contribution in [3.8, 4) is 5.75 Å². The maximum atomic E-state index is 12.1. The maximum absolute atomic E-state index is 12.1. The molecule has 1 aromatic carbocycles. The molecule has 0 heterocycles. The van der Waals surface area contributed by atoms with Crippen LogP contribution in [0.4, 0.5) is 0 Å². The van der Waals surface area contributed by atoms with Crippen molar-refractivity contribution in [2.45, 2.75) is 17.7 Å². The summed E-state index contributed by atoms with van der Waals surface area (Å²) in [5.74, 6) is 0.812. The number of nitrogens with two attached hydrogens (primary N) is 1. The molecule has 0 aromatic heterocycles. The van der Waals surface area contributed by atoms with Crippen LogP contribution >= 0.6 is 0 Å². The van der Waals surface area contributed by atoms with Crippen LogP contribution in [-0.4, -0.2) is 27.8 Å². The lowest BCUT2D eigenvalue weighted by atomic mass is 10.1. The van der Waals surface area contributed by atoms with E-state index in [-0.39, 0.29) is 11.2 Å². The van der Waals surface area contributed by atoms with Gasteiger partial charge in [-0.15, -0.1) is 0 Å². The van der Waals surface area contributed by atoms with Crippen molar-refractivity contribution < 1.29 is 13.2 Å². The lowest BCUT2D eigenvalue weighted by Crippen LogP contribution is -2.25. The van der Waals surface area contributed by atoms with Crippen molar-refractivity contribution in [2.75, 3.05) is 19.4 Å². The van der Waals surface area contributed by atoms with Crippen molar-refractivity contribution >= 4 is 9.84 Å². The molecule has 1 aromatic rings. The average molecular weight is 255 g/mol. The Morgan fingerprint density at radius 2 is 1.88 bits per heavy atom. The van der Waals surface area contributed by atoms with Crippen molar-refractivity contribution in [3.05, 3.63) is 24.3 Å². The van der Waals surface area contributed by atoms with E-state index in [2.05, 4.69) is 0 Å². The minimum absolute atomic E-state index is 0.156. The first-order valence-electron chi connectivity index (χ1n) is 5.58. The van der Waals surface area contributed by atoms with Crippen molar-refractivity contribution in [2.24, 2.45) is 11.1 Å². The van der Waals surface area contributed by atoms with E-state index in [1.54, 1.807) is 31.4 Å². The molecule has 1 aliphatic carbocycles. The van der Waals surface area contributed by atoms with Crippen LogP contribution in [0.5, 0.6) is 5.75 Å². The number of methoxy groups -OCH3 is 1. The zero-order valence-corrected chi connectivity index (χ0v) is 10.7. The first-order chi connectivity index (χ1) is 8.01. The van der Waals surface area contributed by atoms with Gasteiger partial charge in [-0.1, -0.05) is 0 Å². The van der Waals surface area contributed by atoms with Crippen molar-refractivity contribution in [1.82, 2.24) is 0 Å². The Labute approximate surface area is 102 Å². The van der Waals surface area contributed by atoms with Gasteiger partial charge < -0.3 is 10.5 Å². The summed E-state index contributed by atoms with van der Waals surface area (Å²) >= 11 is 0. The molecule has 0 spiro atoms. The molecule has 0 saturated heterocycles. The lowest BCUT2D eigenvalue weighted by molar-refractivity contribution is 0.414. The molecule has 0 amide bonds. The second-order valence-corrected chi connectivity index (χ2v) is 6.63. The summed E-state index contributed by atoms with van der Waals surface area (Å²) in [6.07, 6.45) is 1.83. The zero-order chi connectivity index (χ0) is 12.5. The van der Waals surface area contributed by atoms with Crippen LogP contribution in [0.25, 0.3) is 0 Å². The monoisotopic (exact) mass is 255 g/mol. The molecule has 0 unspecified atom stereocenters. The van der Waals surface area contributed by atoms with Gasteiger partial charge in [-0.2, -0.15) is 0 Å². The SMILES string of the molecule is COc1ccc(S(=O)(=O)CC2(CN)CC2)cc1. The number of benzene rings is 1. The van der Waals surface area contributed by atoms with E-state index in [0.717, 1.165) is 12.8 Å². The Hall–Kier alpha value is -1.07. The van der Waals surface area contributed by atoms with E-state index >= 15 is 0 Å². The van der Waals surface area contributed by atoms with Gasteiger partial charge in [-0.25, -0.2) is 8.42 Å². The molecule has 1 saturated carbocycles. The summed E-state index contributed by atoms with van der Waals surface area (Å²) in [7, 11) is -1.68. The number of hydrogen-bond donors (Lipinski definition) is 1. The van der Waals surface area contributed by atoms with E-state index in [0.29, 0.717) is 17.2 Å². The molecular formula is C12H17NO3S. The maximum Gasteiger partial charge on any atom is 0.178 e. The highest BCUT2D eigenvalue weighted by atomic mass is 32.2. The molecule has 0 radical (unpaired) electrons. The summed E-state index contributed by atoms with van der Waals surface area (Å²) < 4.78 is 29.3. The topological polar surface area (TPSA) is 69.4 Å². The second-order valence-electron chi connectivity index (χ2n) is 4.64. The molecule has 94 valence electrons. The Morgan fingerprint density at radius 3 is 2.29 bits per heavy atom. The fraction of sp³-hybridized carbons (Fsp3) is 0.500. The average Bonchev–Trinajstić information content (AvgIpc) is 3.09. The molecule has 2 rings (SSSR count). The second kappa shape index (κ2) is 4.31. The van der Waals surface area contributed by atoms with Crippen LogP contribution in [-0.2, 0) is 9.84 Å². The van der Waals surface area contributed by atoms with Crippen LogP contribution in [0.2, 0.25) is 0 Å². The Morgan fingerprint density at radius 1 is 1.29 bits per heavy atom. The lowest BCUT2D eigenvalue weighted by Gasteiger charge is -2.12. The van der Waals surface area contributed by atoms with E-state index < -0.39 is 9.84 Å².